The van der Waals surface area contributed by atoms with Gasteiger partial charge in [-0.25, -0.2) is 0 Å². The molecule has 0 saturated heterocycles. The topological polar surface area (TPSA) is 105 Å². The van der Waals surface area contributed by atoms with Gasteiger partial charge in [0.2, 0.25) is 5.91 Å². The van der Waals surface area contributed by atoms with Crippen molar-refractivity contribution in [3.8, 4) is 0 Å². The average Bonchev–Trinajstić information content (AvgIpc) is 2.51. The zero-order valence-electron chi connectivity index (χ0n) is 16.0. The zero-order valence-corrected chi connectivity index (χ0v) is 16.0. The summed E-state index contributed by atoms with van der Waals surface area (Å²) in [4.78, 5) is 35.3. The number of methoxy groups -OCH3 is 1. The number of ether oxygens (including phenoxy) is 1. The van der Waals surface area contributed by atoms with Crippen molar-refractivity contribution in [1.29, 1.82) is 0 Å². The van der Waals surface area contributed by atoms with Crippen LogP contribution in [0.2, 0.25) is 0 Å². The molecule has 0 heterocycles. The molecule has 3 N–H and O–H groups in total. The van der Waals surface area contributed by atoms with Gasteiger partial charge in [-0.1, -0.05) is 32.9 Å². The molecule has 0 bridgehead atoms. The van der Waals surface area contributed by atoms with Gasteiger partial charge < -0.3 is 20.5 Å². The molecule has 0 saturated carbocycles. The predicted molar refractivity (Wildman–Crippen MR) is 97.7 cm³/mol. The van der Waals surface area contributed by atoms with Gasteiger partial charge in [0, 0.05) is 24.6 Å². The maximum atomic E-state index is 12.4. The Labute approximate surface area is 154 Å². The number of benzene rings is 1. The Morgan fingerprint density at radius 1 is 1.08 bits per heavy atom. The Morgan fingerprint density at radius 2 is 1.65 bits per heavy atom. The van der Waals surface area contributed by atoms with Crippen molar-refractivity contribution in [3.05, 3.63) is 35.4 Å². The molecule has 1 atom stereocenters. The molecule has 0 aliphatic carbocycles. The fraction of sp³-hybridized carbons (Fsp3) is 0.526. The summed E-state index contributed by atoms with van der Waals surface area (Å²) in [6, 6.07) is 6.79. The second-order valence-electron chi connectivity index (χ2n) is 7.65. The number of carboxylic acids is 1. The molecule has 2 amide bonds. The summed E-state index contributed by atoms with van der Waals surface area (Å²) in [6.45, 7) is 7.59. The van der Waals surface area contributed by atoms with Crippen molar-refractivity contribution >= 4 is 17.8 Å². The number of hydrogen-bond donors (Lipinski definition) is 3. The molecular weight excluding hydrogens is 336 g/mol. The molecule has 0 spiro atoms. The molecule has 0 radical (unpaired) electrons. The Balaban J connectivity index is 2.73. The first kappa shape index (κ1) is 21.6. The van der Waals surface area contributed by atoms with Crippen LogP contribution in [-0.4, -0.2) is 42.1 Å². The molecule has 0 aliphatic heterocycles. The van der Waals surface area contributed by atoms with Gasteiger partial charge in [0.15, 0.2) is 0 Å². The molecule has 26 heavy (non-hydrogen) atoms. The van der Waals surface area contributed by atoms with Crippen LogP contribution in [0.1, 0.15) is 50.0 Å². The minimum Gasteiger partial charge on any atom is -0.481 e. The summed E-state index contributed by atoms with van der Waals surface area (Å²) < 4.78 is 5.03. The molecule has 7 nitrogen and oxygen atoms in total. The van der Waals surface area contributed by atoms with Gasteiger partial charge >= 0.3 is 5.97 Å². The number of amides is 2. The quantitative estimate of drug-likeness (QED) is 0.654. The van der Waals surface area contributed by atoms with E-state index >= 15 is 0 Å². The first-order valence-electron chi connectivity index (χ1n) is 8.37. The van der Waals surface area contributed by atoms with E-state index in [-0.39, 0.29) is 24.8 Å². The molecule has 1 aromatic carbocycles. The van der Waals surface area contributed by atoms with E-state index in [9.17, 15) is 14.4 Å². The third-order valence-corrected chi connectivity index (χ3v) is 3.77. The van der Waals surface area contributed by atoms with Crippen LogP contribution in [0.3, 0.4) is 0 Å². The van der Waals surface area contributed by atoms with Crippen molar-refractivity contribution < 1.29 is 24.2 Å². The standard InChI is InChI=1S/C19H28N2O5/c1-18(2,3)17(25)20-11-13-6-8-14(9-7-13)16(24)21-19(4,12-26-5)10-15(22)23/h6-9H,10-12H2,1-5H3,(H,20,25)(H,21,24)(H,22,23). The fourth-order valence-corrected chi connectivity index (χ4v) is 2.35. The monoisotopic (exact) mass is 364 g/mol. The molecule has 7 heteroatoms. The maximum Gasteiger partial charge on any atom is 0.305 e. The van der Waals surface area contributed by atoms with Gasteiger partial charge in [0.25, 0.3) is 5.91 Å². The molecule has 1 unspecified atom stereocenters. The van der Waals surface area contributed by atoms with E-state index in [1.807, 2.05) is 20.8 Å². The lowest BCUT2D eigenvalue weighted by molar-refractivity contribution is -0.139. The summed E-state index contributed by atoms with van der Waals surface area (Å²) in [5.41, 5.74) is -0.194. The molecule has 1 aromatic rings. The van der Waals surface area contributed by atoms with Gasteiger partial charge in [0.1, 0.15) is 0 Å². The summed E-state index contributed by atoms with van der Waals surface area (Å²) in [6.07, 6.45) is -0.247. The molecular formula is C19H28N2O5. The van der Waals surface area contributed by atoms with Crippen molar-refractivity contribution in [3.63, 3.8) is 0 Å². The number of carboxylic acid groups (broad SMARTS) is 1. The lowest BCUT2D eigenvalue weighted by atomic mass is 9.95. The minimum atomic E-state index is -1.02. The Hall–Kier alpha value is -2.41. The highest BCUT2D eigenvalue weighted by Crippen LogP contribution is 2.14. The van der Waals surface area contributed by atoms with E-state index in [2.05, 4.69) is 10.6 Å². The van der Waals surface area contributed by atoms with Crippen LogP contribution in [0.5, 0.6) is 0 Å². The van der Waals surface area contributed by atoms with E-state index in [1.165, 1.54) is 7.11 Å². The van der Waals surface area contributed by atoms with Gasteiger partial charge in [-0.05, 0) is 24.6 Å². The third-order valence-electron chi connectivity index (χ3n) is 3.77. The Morgan fingerprint density at radius 3 is 2.12 bits per heavy atom. The molecule has 0 fully saturated rings. The van der Waals surface area contributed by atoms with E-state index in [0.29, 0.717) is 12.1 Å². The van der Waals surface area contributed by atoms with Crippen LogP contribution in [0.15, 0.2) is 24.3 Å². The first-order valence-corrected chi connectivity index (χ1v) is 8.37. The maximum absolute atomic E-state index is 12.4. The summed E-state index contributed by atoms with van der Waals surface area (Å²) in [5, 5.41) is 14.6. The second-order valence-corrected chi connectivity index (χ2v) is 7.65. The highest BCUT2D eigenvalue weighted by atomic mass is 16.5. The number of carbonyl (C=O) groups is 3. The van der Waals surface area contributed by atoms with E-state index in [0.717, 1.165) is 5.56 Å². The SMILES string of the molecule is COCC(C)(CC(=O)O)NC(=O)c1ccc(CNC(=O)C(C)(C)C)cc1. The van der Waals surface area contributed by atoms with Crippen LogP contribution in [-0.2, 0) is 20.9 Å². The third kappa shape index (κ3) is 6.84. The zero-order chi connectivity index (χ0) is 20.0. The Kier molecular flexibility index (Phi) is 7.32. The van der Waals surface area contributed by atoms with Crippen LogP contribution in [0.4, 0.5) is 0 Å². The average molecular weight is 364 g/mol. The van der Waals surface area contributed by atoms with Crippen molar-refractivity contribution in [2.24, 2.45) is 5.41 Å². The number of nitrogens with one attached hydrogen (secondary N) is 2. The molecule has 0 aromatic heterocycles. The fourth-order valence-electron chi connectivity index (χ4n) is 2.35. The van der Waals surface area contributed by atoms with Crippen LogP contribution in [0.25, 0.3) is 0 Å². The van der Waals surface area contributed by atoms with Gasteiger partial charge in [-0.2, -0.15) is 0 Å². The lowest BCUT2D eigenvalue weighted by Crippen LogP contribution is -2.50. The number of hydrogen-bond acceptors (Lipinski definition) is 4. The van der Waals surface area contributed by atoms with Gasteiger partial charge in [0.05, 0.1) is 18.6 Å². The van der Waals surface area contributed by atoms with Crippen molar-refractivity contribution in [1.82, 2.24) is 10.6 Å². The van der Waals surface area contributed by atoms with Crippen LogP contribution in [0, 0.1) is 5.41 Å². The molecule has 0 aliphatic rings. The normalized spacial score (nSPS) is 13.6. The van der Waals surface area contributed by atoms with Crippen LogP contribution < -0.4 is 10.6 Å². The molecule has 144 valence electrons. The molecule has 1 rings (SSSR count). The number of rotatable bonds is 8. The highest BCUT2D eigenvalue weighted by Gasteiger charge is 2.30. The lowest BCUT2D eigenvalue weighted by Gasteiger charge is -2.28. The van der Waals surface area contributed by atoms with E-state index in [1.54, 1.807) is 31.2 Å². The van der Waals surface area contributed by atoms with E-state index < -0.39 is 16.9 Å². The van der Waals surface area contributed by atoms with Gasteiger partial charge in [-0.3, -0.25) is 14.4 Å². The largest absolute Gasteiger partial charge is 0.481 e. The first-order chi connectivity index (χ1) is 12.0. The minimum absolute atomic E-state index is 0.0525. The highest BCUT2D eigenvalue weighted by molar-refractivity contribution is 5.95. The number of carbonyl (C=O) groups excluding carboxylic acids is 2. The van der Waals surface area contributed by atoms with E-state index in [4.69, 9.17) is 9.84 Å². The number of aliphatic carboxylic acids is 1. The van der Waals surface area contributed by atoms with Crippen molar-refractivity contribution in [2.75, 3.05) is 13.7 Å². The van der Waals surface area contributed by atoms with Gasteiger partial charge in [-0.15, -0.1) is 0 Å². The summed E-state index contributed by atoms with van der Waals surface area (Å²) in [5.74, 6) is -1.45. The Bertz CT molecular complexity index is 649. The second kappa shape index (κ2) is 8.80. The predicted octanol–water partition coefficient (Wildman–Crippen LogP) is 1.96. The summed E-state index contributed by atoms with van der Waals surface area (Å²) >= 11 is 0. The van der Waals surface area contributed by atoms with Crippen LogP contribution >= 0.6 is 0 Å². The summed E-state index contributed by atoms with van der Waals surface area (Å²) in [7, 11) is 1.45. The van der Waals surface area contributed by atoms with Crippen molar-refractivity contribution in [2.45, 2.75) is 46.2 Å². The smallest absolute Gasteiger partial charge is 0.305 e.